The highest BCUT2D eigenvalue weighted by molar-refractivity contribution is 7.59. The molecule has 0 saturated carbocycles. The second-order valence-corrected chi connectivity index (χ2v) is 29.6. The van der Waals surface area contributed by atoms with Gasteiger partial charge in [0.2, 0.25) is 0 Å². The van der Waals surface area contributed by atoms with Crippen molar-refractivity contribution in [3.05, 3.63) is 128 Å². The van der Waals surface area contributed by atoms with E-state index in [9.17, 15) is 70.0 Å². The van der Waals surface area contributed by atoms with E-state index >= 15 is 0 Å². The van der Waals surface area contributed by atoms with Crippen molar-refractivity contribution >= 4 is 15.6 Å². The molecule has 3 heterocycles. The van der Waals surface area contributed by atoms with Crippen LogP contribution in [0.2, 0.25) is 0 Å². The van der Waals surface area contributed by atoms with Crippen molar-refractivity contribution in [1.82, 2.24) is 0 Å². The SMILES string of the molecule is C/C=C(/C)CC/C=C(/C)CC/C=C(/C)CC/C=C(/C)CC/C=C(/C)CC/C=C(/C)CC/C=C(/C)CC/C=C(/C)CC/C=C(\C)CC/C=C(\C)CC/C=C(\C)COP(=O)([O-])OP(=O)([O-])O[C@H]1O[C@H](CO)[C@H](O)[C@H](O[C@@H]2O[C@H](CO)[C@@H](O[C@@H]3O[C@H](CO)[C@@H](O)[C@H](O)[C@H]3O)[C@H](O)[C@H]2O)[C@H]1O. The monoisotopic (exact) mass is 1410 g/mol. The van der Waals surface area contributed by atoms with Crippen LogP contribution in [0.3, 0.4) is 0 Å². The zero-order valence-electron chi connectivity index (χ0n) is 59.7. The summed E-state index contributed by atoms with van der Waals surface area (Å²) in [5, 5.41) is 104. The Morgan fingerprint density at radius 1 is 0.351 bits per heavy atom. The quantitative estimate of drug-likeness (QED) is 0.0200. The summed E-state index contributed by atoms with van der Waals surface area (Å²) in [6.07, 6.45) is 16.4. The Morgan fingerprint density at radius 2 is 0.639 bits per heavy atom. The smallest absolute Gasteiger partial charge is 0.276 e. The number of aliphatic hydroxyl groups is 10. The van der Waals surface area contributed by atoms with Gasteiger partial charge >= 0.3 is 0 Å². The lowest BCUT2D eigenvalue weighted by Crippen LogP contribution is -2.66. The van der Waals surface area contributed by atoms with E-state index in [2.05, 4.69) is 134 Å². The van der Waals surface area contributed by atoms with Crippen LogP contribution in [-0.4, -0.2) is 170 Å². The maximum Gasteiger partial charge on any atom is 0.276 e. The van der Waals surface area contributed by atoms with E-state index in [-0.39, 0.29) is 0 Å². The highest BCUT2D eigenvalue weighted by atomic mass is 31.3. The number of ether oxygens (including phenoxy) is 5. The molecule has 3 aliphatic heterocycles. The van der Waals surface area contributed by atoms with Crippen molar-refractivity contribution in [2.45, 2.75) is 304 Å². The summed E-state index contributed by atoms with van der Waals surface area (Å²) in [6.45, 7) is 22.4. The molecular weight excluding hydrogens is 1290 g/mol. The molecule has 2 unspecified atom stereocenters. The molecule has 0 aliphatic carbocycles. The summed E-state index contributed by atoms with van der Waals surface area (Å²) < 4.78 is 66.4. The minimum atomic E-state index is -6.02. The highest BCUT2D eigenvalue weighted by Crippen LogP contribution is 2.57. The average Bonchev–Trinajstić information content (AvgIpc) is 0.783. The molecule has 0 aromatic rings. The molecule has 24 heteroatoms. The number of rotatable bonds is 44. The largest absolute Gasteiger partial charge is 0.756 e. The normalized spacial score (nSPS) is 29.7. The van der Waals surface area contributed by atoms with E-state index in [4.69, 9.17) is 32.7 Å². The second kappa shape index (κ2) is 46.4. The van der Waals surface area contributed by atoms with Gasteiger partial charge in [0.05, 0.1) is 26.4 Å². The maximum absolute atomic E-state index is 12.9. The van der Waals surface area contributed by atoms with E-state index in [1.165, 1.54) is 50.2 Å². The Hall–Kier alpha value is -3.20. The van der Waals surface area contributed by atoms with Crippen LogP contribution in [0.5, 0.6) is 0 Å². The molecule has 3 saturated heterocycles. The molecule has 10 N–H and O–H groups in total. The standard InChI is InChI=1S/C73H122O22P2/c1-13-48(2)24-14-25-49(3)26-15-27-50(4)28-16-29-51(5)30-17-31-52(6)32-18-33-53(7)34-19-35-54(8)36-20-37-55(9)38-21-39-56(10)40-22-41-57(11)42-23-43-58(12)47-88-96(84,85)95-97(86,87)94-73-68(83)70(63(78)60(45-75)90-73)93-72-67(82)65(80)69(61(46-76)91-72)92-71-66(81)64(79)62(77)59(44-74)89-71/h13,25,27,29,31,33,35,37,39,41,43,59-83H,14-24,26,28,30,32,34,36,38,40,42,44-47H2,1-12H3,(H,84,85)(H,86,87)/p-2/b48-13-,49-25-,50-27-,51-29-,52-31-,53-33-,54-35-,55-37-,56-39+,57-41+,58-43+/t59-,60-,61-,62-,63+,64+,65-,66-,67-,68-,69-,70+,71+,72+,73-/m1/s1. The van der Waals surface area contributed by atoms with E-state index in [1.54, 1.807) is 13.0 Å². The summed E-state index contributed by atoms with van der Waals surface area (Å²) in [4.78, 5) is 25.7. The number of phosphoric ester groups is 2. The molecule has 0 spiro atoms. The first kappa shape index (κ1) is 88.0. The summed E-state index contributed by atoms with van der Waals surface area (Å²) >= 11 is 0. The molecule has 0 radical (unpaired) electrons. The molecule has 0 amide bonds. The van der Waals surface area contributed by atoms with Crippen LogP contribution in [0.4, 0.5) is 0 Å². The first-order chi connectivity index (χ1) is 45.8. The molecule has 3 aliphatic rings. The number of aliphatic hydroxyl groups excluding tert-OH is 10. The van der Waals surface area contributed by atoms with Gasteiger partial charge in [-0.3, -0.25) is 13.7 Å². The Morgan fingerprint density at radius 3 is 0.979 bits per heavy atom. The van der Waals surface area contributed by atoms with Crippen molar-refractivity contribution in [1.29, 1.82) is 0 Å². The molecule has 17 atom stereocenters. The average molecular weight is 1410 g/mol. The predicted octanol–water partition coefficient (Wildman–Crippen LogP) is 10.7. The lowest BCUT2D eigenvalue weighted by molar-refractivity contribution is -0.378. The van der Waals surface area contributed by atoms with Crippen molar-refractivity contribution in [2.75, 3.05) is 26.4 Å². The van der Waals surface area contributed by atoms with Gasteiger partial charge in [0, 0.05) is 0 Å². The van der Waals surface area contributed by atoms with Crippen molar-refractivity contribution in [3.8, 4) is 0 Å². The molecule has 22 nitrogen and oxygen atoms in total. The third-order valence-corrected chi connectivity index (χ3v) is 20.3. The summed E-state index contributed by atoms with van der Waals surface area (Å²) in [7, 11) is -11.7. The fourth-order valence-corrected chi connectivity index (χ4v) is 13.3. The fraction of sp³-hybridized carbons (Fsp3) is 0.699. The van der Waals surface area contributed by atoms with Gasteiger partial charge < -0.3 is 89.1 Å². The molecule has 556 valence electrons. The fourth-order valence-electron chi connectivity index (χ4n) is 11.2. The Bertz CT molecular complexity index is 2790. The first-order valence-corrected chi connectivity index (χ1v) is 37.5. The molecule has 0 bridgehead atoms. The van der Waals surface area contributed by atoms with Gasteiger partial charge in [0.25, 0.3) is 15.6 Å². The zero-order chi connectivity index (χ0) is 72.4. The molecule has 3 rings (SSSR count). The molecular formula is C73H120O22P2-2. The lowest BCUT2D eigenvalue weighted by Gasteiger charge is -2.48. The molecule has 0 aromatic heterocycles. The van der Waals surface area contributed by atoms with Crippen LogP contribution in [0.25, 0.3) is 0 Å². The second-order valence-electron chi connectivity index (χ2n) is 26.7. The topological polar surface area (TPSA) is 356 Å². The van der Waals surface area contributed by atoms with E-state index in [0.717, 1.165) is 121 Å². The van der Waals surface area contributed by atoms with Crippen molar-refractivity contribution < 1.29 is 107 Å². The van der Waals surface area contributed by atoms with Crippen LogP contribution in [0.1, 0.15) is 212 Å². The van der Waals surface area contributed by atoms with Gasteiger partial charge in [0.1, 0.15) is 73.2 Å². The Balaban J connectivity index is 1.32. The van der Waals surface area contributed by atoms with Crippen LogP contribution in [0, 0.1) is 0 Å². The van der Waals surface area contributed by atoms with Gasteiger partial charge in [-0.05, 0) is 212 Å². The third kappa shape index (κ3) is 34.1. The zero-order valence-corrected chi connectivity index (χ0v) is 61.5. The maximum atomic E-state index is 12.9. The summed E-state index contributed by atoms with van der Waals surface area (Å²) in [5.41, 5.74) is 14.6. The third-order valence-electron chi connectivity index (χ3n) is 17.8. The lowest BCUT2D eigenvalue weighted by atomic mass is 9.96. The number of allylic oxidation sites excluding steroid dienone is 21. The van der Waals surface area contributed by atoms with Crippen LogP contribution in [-0.2, 0) is 46.2 Å². The molecule has 97 heavy (non-hydrogen) atoms. The van der Waals surface area contributed by atoms with Crippen LogP contribution in [0.15, 0.2) is 128 Å². The van der Waals surface area contributed by atoms with E-state index in [0.29, 0.717) is 18.4 Å². The summed E-state index contributed by atoms with van der Waals surface area (Å²) in [5.74, 6) is 0. The van der Waals surface area contributed by atoms with Gasteiger partial charge in [-0.2, -0.15) is 0 Å². The molecule has 3 fully saturated rings. The minimum Gasteiger partial charge on any atom is -0.756 e. The van der Waals surface area contributed by atoms with Gasteiger partial charge in [-0.15, -0.1) is 0 Å². The van der Waals surface area contributed by atoms with Gasteiger partial charge in [-0.25, -0.2) is 4.31 Å². The Kier molecular flexibility index (Phi) is 42.1. The number of hydrogen-bond acceptors (Lipinski definition) is 22. The van der Waals surface area contributed by atoms with E-state index < -0.39 is 134 Å². The Labute approximate surface area is 578 Å². The number of phosphoric acid groups is 2. The predicted molar refractivity (Wildman–Crippen MR) is 372 cm³/mol. The van der Waals surface area contributed by atoms with Crippen molar-refractivity contribution in [3.63, 3.8) is 0 Å². The van der Waals surface area contributed by atoms with Gasteiger partial charge in [-0.1, -0.05) is 128 Å². The first-order valence-electron chi connectivity index (χ1n) is 34.5. The molecule has 0 aromatic carbocycles. The highest BCUT2D eigenvalue weighted by Gasteiger charge is 2.54. The van der Waals surface area contributed by atoms with E-state index in [1.807, 2.05) is 6.92 Å². The minimum absolute atomic E-state index is 0.436. The van der Waals surface area contributed by atoms with Crippen molar-refractivity contribution in [2.24, 2.45) is 0 Å². The number of hydrogen-bond donors (Lipinski definition) is 10. The van der Waals surface area contributed by atoms with Crippen LogP contribution >= 0.6 is 15.6 Å². The van der Waals surface area contributed by atoms with Crippen LogP contribution < -0.4 is 9.79 Å². The van der Waals surface area contributed by atoms with Gasteiger partial charge in [0.15, 0.2) is 18.9 Å². The summed E-state index contributed by atoms with van der Waals surface area (Å²) in [6, 6.07) is 0.